The van der Waals surface area contributed by atoms with Gasteiger partial charge in [-0.1, -0.05) is 39.8 Å². The molecule has 0 aliphatic heterocycles. The molecule has 0 aromatic carbocycles. The summed E-state index contributed by atoms with van der Waals surface area (Å²) in [6, 6.07) is 0. The third-order valence-electron chi connectivity index (χ3n) is 6.15. The summed E-state index contributed by atoms with van der Waals surface area (Å²) in [6.07, 6.45) is 4.85. The van der Waals surface area contributed by atoms with Crippen molar-refractivity contribution in [2.24, 2.45) is 5.92 Å². The summed E-state index contributed by atoms with van der Waals surface area (Å²) in [5.74, 6) is 3.51. The van der Waals surface area contributed by atoms with Gasteiger partial charge in [0.2, 0.25) is 5.88 Å². The van der Waals surface area contributed by atoms with Gasteiger partial charge in [-0.2, -0.15) is 4.98 Å². The molecule has 5 heteroatoms. The van der Waals surface area contributed by atoms with Gasteiger partial charge in [0, 0.05) is 27.9 Å². The predicted octanol–water partition coefficient (Wildman–Crippen LogP) is 3.95. The van der Waals surface area contributed by atoms with Gasteiger partial charge >= 0.3 is 0 Å². The molecule has 2 aliphatic carbocycles. The minimum absolute atomic E-state index is 0.0399. The van der Waals surface area contributed by atoms with E-state index in [0.717, 1.165) is 36.7 Å². The number of aromatic nitrogens is 3. The molecule has 0 unspecified atom stereocenters. The molecule has 25 heavy (non-hydrogen) atoms. The van der Waals surface area contributed by atoms with E-state index in [0.29, 0.717) is 11.8 Å². The first kappa shape index (κ1) is 16.6. The third-order valence-corrected chi connectivity index (χ3v) is 6.15. The average molecular weight is 341 g/mol. The summed E-state index contributed by atoms with van der Waals surface area (Å²) in [6.45, 7) is 11.1. The second-order valence-electron chi connectivity index (χ2n) is 8.88. The van der Waals surface area contributed by atoms with Crippen LogP contribution in [0.4, 0.5) is 0 Å². The first-order valence-corrected chi connectivity index (χ1v) is 9.15. The van der Waals surface area contributed by atoms with Crippen molar-refractivity contribution >= 4 is 0 Å². The van der Waals surface area contributed by atoms with Crippen LogP contribution in [-0.2, 0) is 23.7 Å². The Labute approximate surface area is 149 Å². The normalized spacial score (nSPS) is 28.1. The zero-order chi connectivity index (χ0) is 18.0. The molecule has 0 bridgehead atoms. The lowest BCUT2D eigenvalue weighted by Crippen LogP contribution is -2.45. The number of hydrogen-bond acceptors (Lipinski definition) is 5. The molecule has 2 aromatic rings. The molecule has 0 N–H and O–H groups in total. The van der Waals surface area contributed by atoms with Crippen LogP contribution in [0.2, 0.25) is 0 Å². The maximum Gasteiger partial charge on any atom is 0.219 e. The molecule has 5 nitrogen and oxygen atoms in total. The van der Waals surface area contributed by atoms with E-state index in [-0.39, 0.29) is 10.8 Å². The standard InChI is InChI=1S/C20H27N3O2/c1-11-14-8-7-13-16(20(14,5)9-12-10-21-25-15(11)12)22-18(19(2,3)4)23-17(13)24-6/h10-11,14H,7-9H2,1-6H3/t11-,14-,20-/m0/s1. The van der Waals surface area contributed by atoms with E-state index < -0.39 is 0 Å². The van der Waals surface area contributed by atoms with E-state index in [2.05, 4.69) is 39.8 Å². The molecule has 2 aromatic heterocycles. The van der Waals surface area contributed by atoms with Gasteiger partial charge in [-0.15, -0.1) is 0 Å². The minimum atomic E-state index is -0.117. The van der Waals surface area contributed by atoms with Crippen molar-refractivity contribution in [3.63, 3.8) is 0 Å². The summed E-state index contributed by atoms with van der Waals surface area (Å²) in [5, 5.41) is 4.06. The molecule has 134 valence electrons. The van der Waals surface area contributed by atoms with Gasteiger partial charge < -0.3 is 9.26 Å². The van der Waals surface area contributed by atoms with Crippen LogP contribution in [0.3, 0.4) is 0 Å². The Morgan fingerprint density at radius 1 is 1.28 bits per heavy atom. The molecule has 0 amide bonds. The number of nitrogens with zero attached hydrogens (tertiary/aromatic N) is 3. The van der Waals surface area contributed by atoms with Crippen molar-refractivity contribution in [3.05, 3.63) is 34.6 Å². The summed E-state index contributed by atoms with van der Waals surface area (Å²) >= 11 is 0. The van der Waals surface area contributed by atoms with Gasteiger partial charge in [-0.05, 0) is 25.2 Å². The molecule has 0 radical (unpaired) electrons. The second kappa shape index (κ2) is 5.29. The first-order chi connectivity index (χ1) is 11.8. The Balaban J connectivity index is 1.93. The Hall–Kier alpha value is -1.91. The minimum Gasteiger partial charge on any atom is -0.481 e. The number of hydrogen-bond donors (Lipinski definition) is 0. The van der Waals surface area contributed by atoms with Crippen molar-refractivity contribution in [3.8, 4) is 5.88 Å². The zero-order valence-corrected chi connectivity index (χ0v) is 16.0. The maximum absolute atomic E-state index is 5.67. The largest absolute Gasteiger partial charge is 0.481 e. The van der Waals surface area contributed by atoms with Crippen molar-refractivity contribution < 1.29 is 9.26 Å². The molecule has 4 rings (SSSR count). The van der Waals surface area contributed by atoms with Crippen molar-refractivity contribution in [1.82, 2.24) is 15.1 Å². The van der Waals surface area contributed by atoms with Gasteiger partial charge in [0.15, 0.2) is 0 Å². The smallest absolute Gasteiger partial charge is 0.219 e. The van der Waals surface area contributed by atoms with Crippen LogP contribution in [0, 0.1) is 5.92 Å². The van der Waals surface area contributed by atoms with Crippen LogP contribution in [0.5, 0.6) is 5.88 Å². The quantitative estimate of drug-likeness (QED) is 0.786. The number of fused-ring (bicyclic) bond motifs is 4. The SMILES string of the molecule is COc1nc(C(C)(C)C)nc2c1CC[C@H]1[C@H](C)c3oncc3C[C@]21C. The van der Waals surface area contributed by atoms with E-state index in [1.807, 2.05) is 6.20 Å². The highest BCUT2D eigenvalue weighted by molar-refractivity contribution is 5.44. The van der Waals surface area contributed by atoms with Gasteiger partial charge in [0.05, 0.1) is 19.0 Å². The van der Waals surface area contributed by atoms with E-state index >= 15 is 0 Å². The Kier molecular flexibility index (Phi) is 3.50. The molecule has 0 saturated carbocycles. The second-order valence-corrected chi connectivity index (χ2v) is 8.88. The molecule has 3 atom stereocenters. The fraction of sp³-hybridized carbons (Fsp3) is 0.650. The highest BCUT2D eigenvalue weighted by Gasteiger charge is 2.50. The van der Waals surface area contributed by atoms with Crippen LogP contribution in [-0.4, -0.2) is 22.2 Å². The van der Waals surface area contributed by atoms with Crippen LogP contribution in [0.25, 0.3) is 0 Å². The molecule has 2 heterocycles. The van der Waals surface area contributed by atoms with Crippen molar-refractivity contribution in [2.75, 3.05) is 7.11 Å². The van der Waals surface area contributed by atoms with Crippen LogP contribution < -0.4 is 4.74 Å². The Morgan fingerprint density at radius 2 is 2.04 bits per heavy atom. The van der Waals surface area contributed by atoms with E-state index in [9.17, 15) is 0 Å². The van der Waals surface area contributed by atoms with Gasteiger partial charge in [0.1, 0.15) is 11.6 Å². The lowest BCUT2D eigenvalue weighted by atomic mass is 9.56. The molecule has 0 spiro atoms. The molecule has 2 aliphatic rings. The first-order valence-electron chi connectivity index (χ1n) is 9.15. The number of ether oxygens (including phenoxy) is 1. The van der Waals surface area contributed by atoms with Gasteiger partial charge in [0.25, 0.3) is 0 Å². The summed E-state index contributed by atoms with van der Waals surface area (Å²) in [5.41, 5.74) is 3.41. The van der Waals surface area contributed by atoms with Crippen LogP contribution in [0.1, 0.15) is 75.4 Å². The van der Waals surface area contributed by atoms with Crippen LogP contribution >= 0.6 is 0 Å². The summed E-state index contributed by atoms with van der Waals surface area (Å²) in [7, 11) is 1.71. The highest BCUT2D eigenvalue weighted by Crippen LogP contribution is 2.54. The molecular weight excluding hydrogens is 314 g/mol. The van der Waals surface area contributed by atoms with E-state index in [1.165, 1.54) is 16.8 Å². The monoisotopic (exact) mass is 341 g/mol. The summed E-state index contributed by atoms with van der Waals surface area (Å²) < 4.78 is 11.2. The zero-order valence-electron chi connectivity index (χ0n) is 16.0. The number of methoxy groups -OCH3 is 1. The van der Waals surface area contributed by atoms with E-state index in [1.54, 1.807) is 7.11 Å². The molecule has 0 saturated heterocycles. The Morgan fingerprint density at radius 3 is 2.72 bits per heavy atom. The molecule has 0 fully saturated rings. The maximum atomic E-state index is 5.67. The lowest BCUT2D eigenvalue weighted by Gasteiger charge is -2.47. The average Bonchev–Trinajstić information content (AvgIpc) is 3.01. The number of rotatable bonds is 1. The van der Waals surface area contributed by atoms with Gasteiger partial charge in [-0.3, -0.25) is 0 Å². The molecular formula is C20H27N3O2. The van der Waals surface area contributed by atoms with Crippen molar-refractivity contribution in [1.29, 1.82) is 0 Å². The summed E-state index contributed by atoms with van der Waals surface area (Å²) in [4.78, 5) is 9.83. The fourth-order valence-electron chi connectivity index (χ4n) is 4.83. The third kappa shape index (κ3) is 2.31. The Bertz CT molecular complexity index is 821. The fourth-order valence-corrected chi connectivity index (χ4v) is 4.83. The van der Waals surface area contributed by atoms with E-state index in [4.69, 9.17) is 19.2 Å². The van der Waals surface area contributed by atoms with Gasteiger partial charge in [-0.25, -0.2) is 4.98 Å². The topological polar surface area (TPSA) is 61.0 Å². The van der Waals surface area contributed by atoms with Crippen molar-refractivity contribution in [2.45, 2.75) is 70.6 Å². The van der Waals surface area contributed by atoms with Crippen LogP contribution in [0.15, 0.2) is 10.7 Å². The lowest BCUT2D eigenvalue weighted by molar-refractivity contribution is 0.168. The predicted molar refractivity (Wildman–Crippen MR) is 95.1 cm³/mol. The highest BCUT2D eigenvalue weighted by atomic mass is 16.5.